The predicted molar refractivity (Wildman–Crippen MR) is 81.2 cm³/mol. The summed E-state index contributed by atoms with van der Waals surface area (Å²) in [5, 5.41) is 11.3. The van der Waals surface area contributed by atoms with Gasteiger partial charge in [0.1, 0.15) is 17.0 Å². The number of aryl methyl sites for hydroxylation is 2. The highest BCUT2D eigenvalue weighted by molar-refractivity contribution is 6.33. The zero-order valence-corrected chi connectivity index (χ0v) is 13.2. The number of aromatic nitrogens is 5. The van der Waals surface area contributed by atoms with Gasteiger partial charge in [-0.15, -0.1) is 0 Å². The number of ether oxygens (including phenoxy) is 1. The van der Waals surface area contributed by atoms with Crippen molar-refractivity contribution in [1.82, 2.24) is 25.0 Å². The first-order valence-corrected chi connectivity index (χ1v) is 7.47. The molecule has 1 unspecified atom stereocenters. The van der Waals surface area contributed by atoms with Gasteiger partial charge in [-0.1, -0.05) is 18.5 Å². The van der Waals surface area contributed by atoms with E-state index in [0.29, 0.717) is 31.2 Å². The van der Waals surface area contributed by atoms with E-state index in [2.05, 4.69) is 20.3 Å². The van der Waals surface area contributed by atoms with Crippen LogP contribution in [0.1, 0.15) is 24.7 Å². The van der Waals surface area contributed by atoms with Crippen molar-refractivity contribution in [1.29, 1.82) is 0 Å². The molecule has 1 fully saturated rings. The molecule has 1 aliphatic rings. The smallest absolute Gasteiger partial charge is 0.287 e. The van der Waals surface area contributed by atoms with Crippen LogP contribution in [-0.4, -0.2) is 44.7 Å². The highest BCUT2D eigenvalue weighted by Gasteiger charge is 2.27. The van der Waals surface area contributed by atoms with Gasteiger partial charge in [-0.3, -0.25) is 9.89 Å². The summed E-state index contributed by atoms with van der Waals surface area (Å²) < 4.78 is 6.95. The number of anilines is 1. The van der Waals surface area contributed by atoms with E-state index >= 15 is 0 Å². The maximum Gasteiger partial charge on any atom is 0.287 e. The fraction of sp³-hybridized carbons (Fsp3) is 0.538. The van der Waals surface area contributed by atoms with E-state index in [9.17, 15) is 4.79 Å². The van der Waals surface area contributed by atoms with Crippen LogP contribution in [0.25, 0.3) is 0 Å². The molecule has 0 amide bonds. The van der Waals surface area contributed by atoms with Crippen molar-refractivity contribution >= 4 is 17.3 Å². The van der Waals surface area contributed by atoms with Crippen LogP contribution in [0, 0.1) is 0 Å². The molecule has 0 saturated carbocycles. The van der Waals surface area contributed by atoms with Crippen molar-refractivity contribution in [2.75, 3.05) is 24.6 Å². The summed E-state index contributed by atoms with van der Waals surface area (Å²) in [5.74, 6) is 1.44. The molecule has 1 atom stereocenters. The molecule has 2 aromatic rings. The number of hydrogen-bond acceptors (Lipinski definition) is 6. The van der Waals surface area contributed by atoms with Crippen LogP contribution >= 0.6 is 11.6 Å². The molecule has 3 rings (SSSR count). The van der Waals surface area contributed by atoms with Crippen LogP contribution in [0.5, 0.6) is 0 Å². The predicted octanol–water partition coefficient (Wildman–Crippen LogP) is 0.692. The Kier molecular flexibility index (Phi) is 4.12. The molecule has 0 bridgehead atoms. The third-order valence-electron chi connectivity index (χ3n) is 3.64. The Balaban J connectivity index is 1.84. The molecule has 2 aromatic heterocycles. The van der Waals surface area contributed by atoms with Crippen molar-refractivity contribution in [2.24, 2.45) is 7.05 Å². The second kappa shape index (κ2) is 6.05. The molecule has 0 aliphatic carbocycles. The Morgan fingerprint density at radius 1 is 1.55 bits per heavy atom. The second-order valence-electron chi connectivity index (χ2n) is 5.07. The van der Waals surface area contributed by atoms with Crippen molar-refractivity contribution in [3.8, 4) is 0 Å². The lowest BCUT2D eigenvalue weighted by Crippen LogP contribution is -2.40. The Labute approximate surface area is 132 Å². The number of morpholine rings is 1. The van der Waals surface area contributed by atoms with Gasteiger partial charge in [0.05, 0.1) is 25.0 Å². The average Bonchev–Trinajstić information content (AvgIpc) is 3.02. The van der Waals surface area contributed by atoms with Gasteiger partial charge in [0.15, 0.2) is 5.82 Å². The summed E-state index contributed by atoms with van der Waals surface area (Å²) in [4.78, 5) is 18.3. The van der Waals surface area contributed by atoms with E-state index in [4.69, 9.17) is 16.3 Å². The van der Waals surface area contributed by atoms with Gasteiger partial charge in [0, 0.05) is 20.0 Å². The first kappa shape index (κ1) is 15.0. The molecule has 1 aliphatic heterocycles. The zero-order chi connectivity index (χ0) is 15.7. The number of nitrogens with zero attached hydrogens (tertiary/aromatic N) is 5. The number of H-pyrrole nitrogens is 1. The number of hydrogen-bond donors (Lipinski definition) is 1. The van der Waals surface area contributed by atoms with E-state index in [1.807, 2.05) is 11.8 Å². The molecule has 3 heterocycles. The Bertz CT molecular complexity index is 728. The summed E-state index contributed by atoms with van der Waals surface area (Å²) in [7, 11) is 1.57. The summed E-state index contributed by atoms with van der Waals surface area (Å²) in [6, 6.07) is 0. The topological polar surface area (TPSA) is 88.9 Å². The highest BCUT2D eigenvalue weighted by atomic mass is 35.5. The van der Waals surface area contributed by atoms with Gasteiger partial charge in [-0.2, -0.15) is 10.2 Å². The van der Waals surface area contributed by atoms with Crippen LogP contribution in [0.15, 0.2) is 11.0 Å². The summed E-state index contributed by atoms with van der Waals surface area (Å²) in [5.41, 5.74) is 0.303. The van der Waals surface area contributed by atoms with Crippen molar-refractivity contribution in [3.63, 3.8) is 0 Å². The van der Waals surface area contributed by atoms with E-state index in [-0.39, 0.29) is 16.7 Å². The number of halogens is 1. The maximum atomic E-state index is 11.9. The minimum absolute atomic E-state index is 0.169. The lowest BCUT2D eigenvalue weighted by atomic mass is 10.2. The first-order chi connectivity index (χ1) is 10.6. The third-order valence-corrected chi connectivity index (χ3v) is 3.99. The Hall–Kier alpha value is -1.93. The fourth-order valence-electron chi connectivity index (χ4n) is 2.36. The molecule has 0 spiro atoms. The average molecular weight is 325 g/mol. The monoisotopic (exact) mass is 324 g/mol. The van der Waals surface area contributed by atoms with Crippen LogP contribution in [0.4, 0.5) is 5.69 Å². The lowest BCUT2D eigenvalue weighted by molar-refractivity contribution is 0.0342. The standard InChI is InChI=1S/C13H17ClN6O2/c1-3-10-16-12(18-17-10)9-7-20(4-5-22-9)8-6-15-19(2)13(21)11(8)14/h6,9H,3-5,7H2,1-2H3,(H,16,17,18). The lowest BCUT2D eigenvalue weighted by Gasteiger charge is -2.33. The maximum absolute atomic E-state index is 11.9. The van der Waals surface area contributed by atoms with Gasteiger partial charge < -0.3 is 9.64 Å². The molecular weight excluding hydrogens is 308 g/mol. The van der Waals surface area contributed by atoms with Crippen LogP contribution < -0.4 is 10.5 Å². The number of rotatable bonds is 3. The molecule has 9 heteroatoms. The molecule has 118 valence electrons. The summed E-state index contributed by atoms with van der Waals surface area (Å²) in [6.07, 6.45) is 2.13. The zero-order valence-electron chi connectivity index (χ0n) is 12.4. The SMILES string of the molecule is CCc1nc(C2CN(c3cnn(C)c(=O)c3Cl)CCO2)n[nH]1. The van der Waals surface area contributed by atoms with Gasteiger partial charge in [0.25, 0.3) is 5.56 Å². The van der Waals surface area contributed by atoms with E-state index in [1.54, 1.807) is 13.2 Å². The van der Waals surface area contributed by atoms with Crippen LogP contribution in [0.3, 0.4) is 0 Å². The summed E-state index contributed by atoms with van der Waals surface area (Å²) in [6.45, 7) is 3.67. The molecule has 0 aromatic carbocycles. The number of aromatic amines is 1. The van der Waals surface area contributed by atoms with Gasteiger partial charge in [-0.05, 0) is 0 Å². The Morgan fingerprint density at radius 3 is 3.09 bits per heavy atom. The first-order valence-electron chi connectivity index (χ1n) is 7.09. The highest BCUT2D eigenvalue weighted by Crippen LogP contribution is 2.27. The van der Waals surface area contributed by atoms with Crippen LogP contribution in [0.2, 0.25) is 5.02 Å². The number of nitrogens with one attached hydrogen (secondary N) is 1. The van der Waals surface area contributed by atoms with Gasteiger partial charge in [-0.25, -0.2) is 9.67 Å². The molecule has 1 saturated heterocycles. The summed E-state index contributed by atoms with van der Waals surface area (Å²) >= 11 is 6.16. The Morgan fingerprint density at radius 2 is 2.36 bits per heavy atom. The van der Waals surface area contributed by atoms with Gasteiger partial charge in [0.2, 0.25) is 0 Å². The third kappa shape index (κ3) is 2.71. The largest absolute Gasteiger partial charge is 0.366 e. The molecule has 22 heavy (non-hydrogen) atoms. The minimum Gasteiger partial charge on any atom is -0.366 e. The van der Waals surface area contributed by atoms with Crippen LogP contribution in [-0.2, 0) is 18.2 Å². The van der Waals surface area contributed by atoms with E-state index < -0.39 is 0 Å². The molecule has 0 radical (unpaired) electrons. The van der Waals surface area contributed by atoms with Gasteiger partial charge >= 0.3 is 0 Å². The van der Waals surface area contributed by atoms with Crippen molar-refractivity contribution in [3.05, 3.63) is 33.2 Å². The molecule has 1 N–H and O–H groups in total. The van der Waals surface area contributed by atoms with Crippen molar-refractivity contribution < 1.29 is 4.74 Å². The fourth-order valence-corrected chi connectivity index (χ4v) is 2.65. The molecular formula is C13H17ClN6O2. The van der Waals surface area contributed by atoms with Crippen molar-refractivity contribution in [2.45, 2.75) is 19.4 Å². The quantitative estimate of drug-likeness (QED) is 0.893. The normalized spacial score (nSPS) is 18.7. The van der Waals surface area contributed by atoms with E-state index in [1.165, 1.54) is 4.68 Å². The minimum atomic E-state index is -0.312. The van der Waals surface area contributed by atoms with E-state index in [0.717, 1.165) is 12.2 Å². The molecule has 8 nitrogen and oxygen atoms in total. The second-order valence-corrected chi connectivity index (χ2v) is 5.45.